The maximum absolute atomic E-state index is 12.7. The van der Waals surface area contributed by atoms with Crippen molar-refractivity contribution in [3.63, 3.8) is 0 Å². The van der Waals surface area contributed by atoms with E-state index in [0.29, 0.717) is 50.6 Å². The van der Waals surface area contributed by atoms with Crippen LogP contribution in [0.2, 0.25) is 0 Å². The second-order valence-electron chi connectivity index (χ2n) is 6.92. The lowest BCUT2D eigenvalue weighted by atomic mass is 9.83. The molecule has 136 valence electrons. The second kappa shape index (κ2) is 8.43. The Labute approximate surface area is 148 Å². The Morgan fingerprint density at radius 1 is 1.21 bits per heavy atom. The Hall–Kier alpha value is -0.950. The van der Waals surface area contributed by atoms with Crippen LogP contribution in [0.4, 0.5) is 4.79 Å². The second-order valence-corrected chi connectivity index (χ2v) is 7.90. The molecule has 24 heavy (non-hydrogen) atoms. The molecule has 3 amide bonds. The molecular weight excluding hydrogens is 326 g/mol. The molecule has 3 saturated heterocycles. The molecule has 0 bridgehead atoms. The van der Waals surface area contributed by atoms with E-state index in [0.717, 1.165) is 44.6 Å². The largest absolute Gasteiger partial charge is 0.378 e. The number of urea groups is 1. The van der Waals surface area contributed by atoms with Crippen LogP contribution in [0.25, 0.3) is 0 Å². The molecule has 0 aliphatic carbocycles. The summed E-state index contributed by atoms with van der Waals surface area (Å²) in [6.07, 6.45) is 5.66. The Balaban J connectivity index is 1.57. The third-order valence-corrected chi connectivity index (χ3v) is 6.14. The zero-order chi connectivity index (χ0) is 16.9. The Kier molecular flexibility index (Phi) is 6.27. The molecule has 0 spiro atoms. The van der Waals surface area contributed by atoms with Gasteiger partial charge in [0.1, 0.15) is 0 Å². The summed E-state index contributed by atoms with van der Waals surface area (Å²) in [5, 5.41) is 0. The maximum Gasteiger partial charge on any atom is 0.320 e. The molecule has 0 aromatic heterocycles. The number of amides is 3. The first-order valence-electron chi connectivity index (χ1n) is 9.10. The third kappa shape index (κ3) is 3.99. The van der Waals surface area contributed by atoms with Crippen LogP contribution >= 0.6 is 11.8 Å². The molecule has 3 fully saturated rings. The third-order valence-electron chi connectivity index (χ3n) is 5.44. The molecule has 7 heteroatoms. The predicted molar refractivity (Wildman–Crippen MR) is 95.2 cm³/mol. The van der Waals surface area contributed by atoms with Gasteiger partial charge in [-0.2, -0.15) is 11.8 Å². The lowest BCUT2D eigenvalue weighted by Crippen LogP contribution is -2.59. The highest BCUT2D eigenvalue weighted by Gasteiger charge is 2.40. The van der Waals surface area contributed by atoms with E-state index in [1.54, 1.807) is 0 Å². The number of hydrogen-bond donors (Lipinski definition) is 0. The lowest BCUT2D eigenvalue weighted by Gasteiger charge is -2.48. The fourth-order valence-corrected chi connectivity index (χ4v) is 4.57. The summed E-state index contributed by atoms with van der Waals surface area (Å²) in [4.78, 5) is 31.0. The van der Waals surface area contributed by atoms with Crippen molar-refractivity contribution in [2.24, 2.45) is 5.92 Å². The normalized spacial score (nSPS) is 28.0. The average Bonchev–Trinajstić information content (AvgIpc) is 2.63. The number of morpholine rings is 1. The number of piperidine rings is 2. The number of rotatable bonds is 4. The summed E-state index contributed by atoms with van der Waals surface area (Å²) in [6, 6.07) is 0.490. The van der Waals surface area contributed by atoms with E-state index >= 15 is 0 Å². The highest BCUT2D eigenvalue weighted by molar-refractivity contribution is 7.98. The van der Waals surface area contributed by atoms with Crippen molar-refractivity contribution >= 4 is 23.7 Å². The van der Waals surface area contributed by atoms with Crippen molar-refractivity contribution < 1.29 is 14.3 Å². The van der Waals surface area contributed by atoms with E-state index in [4.69, 9.17) is 4.74 Å². The summed E-state index contributed by atoms with van der Waals surface area (Å²) in [5.41, 5.74) is 0. The molecule has 0 radical (unpaired) electrons. The monoisotopic (exact) mass is 355 g/mol. The molecule has 3 heterocycles. The van der Waals surface area contributed by atoms with Gasteiger partial charge in [-0.25, -0.2) is 4.79 Å². The number of fused-ring (bicyclic) bond motifs is 1. The van der Waals surface area contributed by atoms with Gasteiger partial charge in [-0.15, -0.1) is 0 Å². The van der Waals surface area contributed by atoms with Crippen molar-refractivity contribution in [1.82, 2.24) is 14.7 Å². The van der Waals surface area contributed by atoms with Gasteiger partial charge in [0.2, 0.25) is 5.91 Å². The summed E-state index contributed by atoms with van der Waals surface area (Å²) in [7, 11) is 0. The Morgan fingerprint density at radius 3 is 2.75 bits per heavy atom. The molecule has 0 unspecified atom stereocenters. The SMILES string of the molecule is CSCCCN1C(=O)CC[C@H]2CN(C(=O)N3CCOCC3)CC[C@H]21. The van der Waals surface area contributed by atoms with Crippen LogP contribution in [0.15, 0.2) is 0 Å². The smallest absolute Gasteiger partial charge is 0.320 e. The number of nitrogens with zero attached hydrogens (tertiary/aromatic N) is 3. The molecule has 3 aliphatic rings. The number of carbonyl (C=O) groups excluding carboxylic acids is 2. The molecule has 3 aliphatic heterocycles. The number of carbonyl (C=O) groups is 2. The van der Waals surface area contributed by atoms with Crippen molar-refractivity contribution in [3.05, 3.63) is 0 Å². The highest BCUT2D eigenvalue weighted by Crippen LogP contribution is 2.32. The van der Waals surface area contributed by atoms with Crippen molar-refractivity contribution in [2.75, 3.05) is 57.9 Å². The highest BCUT2D eigenvalue weighted by atomic mass is 32.2. The van der Waals surface area contributed by atoms with Gasteiger partial charge < -0.3 is 19.4 Å². The number of ether oxygens (including phenoxy) is 1. The van der Waals surface area contributed by atoms with E-state index in [2.05, 4.69) is 11.2 Å². The minimum Gasteiger partial charge on any atom is -0.378 e. The van der Waals surface area contributed by atoms with Crippen LogP contribution in [0, 0.1) is 5.92 Å². The minimum atomic E-state index is 0.155. The molecule has 0 aromatic carbocycles. The molecular formula is C17H29N3O3S. The van der Waals surface area contributed by atoms with Crippen LogP contribution in [-0.4, -0.2) is 90.6 Å². The van der Waals surface area contributed by atoms with Crippen LogP contribution in [-0.2, 0) is 9.53 Å². The van der Waals surface area contributed by atoms with Crippen molar-refractivity contribution in [3.8, 4) is 0 Å². The average molecular weight is 356 g/mol. The van der Waals surface area contributed by atoms with Gasteiger partial charge in [-0.05, 0) is 37.2 Å². The van der Waals surface area contributed by atoms with Crippen molar-refractivity contribution in [1.29, 1.82) is 0 Å². The quantitative estimate of drug-likeness (QED) is 0.717. The summed E-state index contributed by atoms with van der Waals surface area (Å²) >= 11 is 1.83. The Morgan fingerprint density at radius 2 is 2.00 bits per heavy atom. The number of hydrogen-bond acceptors (Lipinski definition) is 4. The summed E-state index contributed by atoms with van der Waals surface area (Å²) in [5.74, 6) is 1.85. The van der Waals surface area contributed by atoms with Gasteiger partial charge in [-0.3, -0.25) is 4.79 Å². The van der Waals surface area contributed by atoms with Gasteiger partial charge in [0.15, 0.2) is 0 Å². The zero-order valence-corrected chi connectivity index (χ0v) is 15.4. The van der Waals surface area contributed by atoms with Crippen LogP contribution < -0.4 is 0 Å². The standard InChI is InChI=1S/C17H29N3O3S/c1-24-12-2-6-20-15-5-7-19(13-14(15)3-4-16(20)21)17(22)18-8-10-23-11-9-18/h14-15H,2-13H2,1H3/t14-,15+/m0/s1. The van der Waals surface area contributed by atoms with E-state index in [1.807, 2.05) is 21.6 Å². The fraction of sp³-hybridized carbons (Fsp3) is 0.882. The first-order chi connectivity index (χ1) is 11.7. The molecule has 2 atom stereocenters. The molecule has 0 saturated carbocycles. The predicted octanol–water partition coefficient (Wildman–Crippen LogP) is 1.50. The molecule has 3 rings (SSSR count). The van der Waals surface area contributed by atoms with Crippen LogP contribution in [0.1, 0.15) is 25.7 Å². The zero-order valence-electron chi connectivity index (χ0n) is 14.6. The Bertz CT molecular complexity index is 456. The first kappa shape index (κ1) is 17.9. The lowest BCUT2D eigenvalue weighted by molar-refractivity contribution is -0.140. The van der Waals surface area contributed by atoms with Gasteiger partial charge in [0, 0.05) is 45.2 Å². The number of thioether (sulfide) groups is 1. The topological polar surface area (TPSA) is 53.1 Å². The molecule has 0 N–H and O–H groups in total. The van der Waals surface area contributed by atoms with Gasteiger partial charge in [0.25, 0.3) is 0 Å². The van der Waals surface area contributed by atoms with Crippen molar-refractivity contribution in [2.45, 2.75) is 31.7 Å². The molecule has 0 aromatic rings. The van der Waals surface area contributed by atoms with E-state index in [-0.39, 0.29) is 6.03 Å². The van der Waals surface area contributed by atoms with Crippen LogP contribution in [0.5, 0.6) is 0 Å². The number of likely N-dealkylation sites (tertiary alicyclic amines) is 2. The van der Waals surface area contributed by atoms with Gasteiger partial charge in [0.05, 0.1) is 13.2 Å². The summed E-state index contributed by atoms with van der Waals surface area (Å²) in [6.45, 7) is 5.12. The fourth-order valence-electron chi connectivity index (χ4n) is 4.15. The van der Waals surface area contributed by atoms with Gasteiger partial charge >= 0.3 is 6.03 Å². The van der Waals surface area contributed by atoms with Crippen LogP contribution in [0.3, 0.4) is 0 Å². The maximum atomic E-state index is 12.7. The first-order valence-corrected chi connectivity index (χ1v) is 10.5. The van der Waals surface area contributed by atoms with E-state index < -0.39 is 0 Å². The van der Waals surface area contributed by atoms with E-state index in [1.165, 1.54) is 0 Å². The summed E-state index contributed by atoms with van der Waals surface area (Å²) < 4.78 is 5.34. The molecule has 6 nitrogen and oxygen atoms in total. The van der Waals surface area contributed by atoms with E-state index in [9.17, 15) is 9.59 Å². The van der Waals surface area contributed by atoms with Gasteiger partial charge in [-0.1, -0.05) is 0 Å². The minimum absolute atomic E-state index is 0.155.